The van der Waals surface area contributed by atoms with E-state index < -0.39 is 21.7 Å². The maximum atomic E-state index is 12.9. The van der Waals surface area contributed by atoms with Gasteiger partial charge in [0.1, 0.15) is 11.4 Å². The van der Waals surface area contributed by atoms with Crippen LogP contribution in [-0.4, -0.2) is 55.7 Å². The molecule has 0 spiro atoms. The predicted octanol–water partition coefficient (Wildman–Crippen LogP) is 3.91. The number of hydrogen-bond acceptors (Lipinski definition) is 4. The second-order valence-electron chi connectivity index (χ2n) is 8.24. The van der Waals surface area contributed by atoms with Gasteiger partial charge in [-0.3, -0.25) is 4.90 Å². The van der Waals surface area contributed by atoms with E-state index in [1.165, 1.54) is 4.90 Å². The van der Waals surface area contributed by atoms with Crippen molar-refractivity contribution in [2.45, 2.75) is 66.2 Å². The number of carbonyl (C=O) groups excluding carboxylic acids is 1. The topological polar surface area (TPSA) is 79.3 Å². The molecule has 0 radical (unpaired) electrons. The van der Waals surface area contributed by atoms with Crippen LogP contribution in [0.3, 0.4) is 0 Å². The Bertz CT molecular complexity index is 773. The Morgan fingerprint density at radius 1 is 1.07 bits per heavy atom. The highest BCUT2D eigenvalue weighted by molar-refractivity contribution is 7.89. The van der Waals surface area contributed by atoms with Crippen LogP contribution in [0.4, 0.5) is 10.5 Å². The molecule has 0 aliphatic carbocycles. The second kappa shape index (κ2) is 9.41. The molecule has 0 unspecified atom stereocenters. The summed E-state index contributed by atoms with van der Waals surface area (Å²) in [6.45, 7) is 13.2. The first-order chi connectivity index (χ1) is 12.7. The SMILES string of the molecule is CC(C)N(/C(CN(C(=O)OC(C)(C)C)c1ccccc1)=N\S(C)(=O)=O)C(C)C. The number of hydrogen-bond donors (Lipinski definition) is 0. The van der Waals surface area contributed by atoms with Crippen LogP contribution < -0.4 is 4.90 Å². The van der Waals surface area contributed by atoms with E-state index in [2.05, 4.69) is 4.40 Å². The maximum Gasteiger partial charge on any atom is 0.415 e. The highest BCUT2D eigenvalue weighted by Gasteiger charge is 2.28. The minimum absolute atomic E-state index is 0.00300. The molecule has 0 fully saturated rings. The van der Waals surface area contributed by atoms with Gasteiger partial charge >= 0.3 is 6.09 Å². The van der Waals surface area contributed by atoms with Gasteiger partial charge < -0.3 is 9.64 Å². The third-order valence-corrected chi connectivity index (χ3v) is 4.21. The summed E-state index contributed by atoms with van der Waals surface area (Å²) in [6.07, 6.45) is 0.485. The Hall–Kier alpha value is -2.09. The molecule has 0 saturated carbocycles. The van der Waals surface area contributed by atoms with Crippen molar-refractivity contribution in [2.75, 3.05) is 17.7 Å². The molecule has 1 aromatic rings. The monoisotopic (exact) mass is 411 g/mol. The Labute approximate surface area is 169 Å². The normalized spacial score (nSPS) is 13.0. The van der Waals surface area contributed by atoms with Crippen molar-refractivity contribution in [1.82, 2.24) is 4.90 Å². The van der Waals surface area contributed by atoms with Crippen molar-refractivity contribution in [3.8, 4) is 0 Å². The van der Waals surface area contributed by atoms with Gasteiger partial charge in [0.15, 0.2) is 0 Å². The van der Waals surface area contributed by atoms with Crippen molar-refractivity contribution in [2.24, 2.45) is 4.40 Å². The lowest BCUT2D eigenvalue weighted by Crippen LogP contribution is -2.49. The molecule has 1 rings (SSSR count). The van der Waals surface area contributed by atoms with Gasteiger partial charge in [-0.05, 0) is 60.6 Å². The number of anilines is 1. The minimum Gasteiger partial charge on any atom is -0.443 e. The Kier molecular flexibility index (Phi) is 8.05. The lowest BCUT2D eigenvalue weighted by molar-refractivity contribution is 0.0584. The summed E-state index contributed by atoms with van der Waals surface area (Å²) in [5.74, 6) is 0.294. The first-order valence-corrected chi connectivity index (χ1v) is 11.2. The van der Waals surface area contributed by atoms with E-state index in [1.807, 2.05) is 50.8 Å². The number of rotatable bonds is 6. The van der Waals surface area contributed by atoms with Crippen LogP contribution in [0.2, 0.25) is 0 Å². The summed E-state index contributed by atoms with van der Waals surface area (Å²) in [4.78, 5) is 16.2. The molecular formula is C20H33N3O4S. The van der Waals surface area contributed by atoms with E-state index >= 15 is 0 Å². The fraction of sp³-hybridized carbons (Fsp3) is 0.600. The van der Waals surface area contributed by atoms with Crippen molar-refractivity contribution in [3.63, 3.8) is 0 Å². The van der Waals surface area contributed by atoms with Gasteiger partial charge in [-0.1, -0.05) is 18.2 Å². The summed E-state index contributed by atoms with van der Waals surface area (Å²) in [7, 11) is -3.66. The molecular weight excluding hydrogens is 378 g/mol. The third kappa shape index (κ3) is 7.88. The smallest absolute Gasteiger partial charge is 0.415 e. The number of nitrogens with zero attached hydrogens (tertiary/aromatic N) is 3. The second-order valence-corrected chi connectivity index (χ2v) is 9.89. The standard InChI is InChI=1S/C20H33N3O4S/c1-15(2)23(16(3)4)18(21-28(8,25)26)14-22(17-12-10-9-11-13-17)19(24)27-20(5,6)7/h9-13,15-16H,14H2,1-8H3/b21-18-. The lowest BCUT2D eigenvalue weighted by atomic mass is 10.2. The molecule has 0 heterocycles. The Morgan fingerprint density at radius 2 is 1.57 bits per heavy atom. The lowest BCUT2D eigenvalue weighted by Gasteiger charge is -2.36. The van der Waals surface area contributed by atoms with Crippen molar-refractivity contribution in [3.05, 3.63) is 30.3 Å². The molecule has 0 aliphatic heterocycles. The van der Waals surface area contributed by atoms with Crippen LogP contribution in [0, 0.1) is 0 Å². The molecule has 1 amide bonds. The number of benzene rings is 1. The first-order valence-electron chi connectivity index (χ1n) is 9.34. The summed E-state index contributed by atoms with van der Waals surface area (Å²) in [5, 5.41) is 0. The van der Waals surface area contributed by atoms with E-state index in [1.54, 1.807) is 32.9 Å². The van der Waals surface area contributed by atoms with Crippen LogP contribution in [0.1, 0.15) is 48.5 Å². The predicted molar refractivity (Wildman–Crippen MR) is 114 cm³/mol. The van der Waals surface area contributed by atoms with Crippen LogP contribution in [0.5, 0.6) is 0 Å². The van der Waals surface area contributed by atoms with E-state index in [-0.39, 0.29) is 18.6 Å². The van der Waals surface area contributed by atoms with Crippen LogP contribution >= 0.6 is 0 Å². The average molecular weight is 412 g/mol. The molecule has 0 saturated heterocycles. The largest absolute Gasteiger partial charge is 0.443 e. The average Bonchev–Trinajstić information content (AvgIpc) is 2.49. The number of sulfonamides is 1. The third-order valence-electron chi connectivity index (χ3n) is 3.66. The number of amides is 1. The van der Waals surface area contributed by atoms with Crippen LogP contribution in [-0.2, 0) is 14.8 Å². The van der Waals surface area contributed by atoms with Gasteiger partial charge in [-0.2, -0.15) is 0 Å². The molecule has 0 bridgehead atoms. The molecule has 28 heavy (non-hydrogen) atoms. The first kappa shape index (κ1) is 23.9. The van der Waals surface area contributed by atoms with E-state index in [0.717, 1.165) is 6.26 Å². The van der Waals surface area contributed by atoms with Gasteiger partial charge in [-0.25, -0.2) is 13.2 Å². The number of ether oxygens (including phenoxy) is 1. The van der Waals surface area contributed by atoms with E-state index in [4.69, 9.17) is 4.74 Å². The quantitative estimate of drug-likeness (QED) is 0.524. The van der Waals surface area contributed by atoms with E-state index in [0.29, 0.717) is 11.5 Å². The number of carbonyl (C=O) groups is 1. The fourth-order valence-corrected chi connectivity index (χ4v) is 3.40. The molecule has 158 valence electrons. The zero-order valence-electron chi connectivity index (χ0n) is 18.1. The van der Waals surface area contributed by atoms with Crippen molar-refractivity contribution in [1.29, 1.82) is 0 Å². The summed E-state index contributed by atoms with van der Waals surface area (Å²) in [5.41, 5.74) is -0.0842. The van der Waals surface area contributed by atoms with Gasteiger partial charge in [0.25, 0.3) is 10.0 Å². The zero-order valence-corrected chi connectivity index (χ0v) is 18.9. The van der Waals surface area contributed by atoms with Gasteiger partial charge in [-0.15, -0.1) is 4.40 Å². The summed E-state index contributed by atoms with van der Waals surface area (Å²) >= 11 is 0. The van der Waals surface area contributed by atoms with E-state index in [9.17, 15) is 13.2 Å². The molecule has 0 atom stereocenters. The summed E-state index contributed by atoms with van der Waals surface area (Å²) < 4.78 is 33.4. The maximum absolute atomic E-state index is 12.9. The molecule has 0 N–H and O–H groups in total. The Balaban J connectivity index is 3.45. The molecule has 0 aromatic heterocycles. The Morgan fingerprint density at radius 3 is 1.96 bits per heavy atom. The van der Waals surface area contributed by atoms with Gasteiger partial charge in [0.05, 0.1) is 12.8 Å². The van der Waals surface area contributed by atoms with Crippen LogP contribution in [0.15, 0.2) is 34.7 Å². The fourth-order valence-electron chi connectivity index (χ4n) is 2.87. The molecule has 1 aromatic carbocycles. The minimum atomic E-state index is -3.66. The van der Waals surface area contributed by atoms with Gasteiger partial charge in [0.2, 0.25) is 0 Å². The molecule has 7 nitrogen and oxygen atoms in total. The zero-order chi connectivity index (χ0) is 21.7. The molecule has 8 heteroatoms. The summed E-state index contributed by atoms with van der Waals surface area (Å²) in [6, 6.07) is 9.00. The van der Waals surface area contributed by atoms with Gasteiger partial charge in [0, 0.05) is 17.8 Å². The highest BCUT2D eigenvalue weighted by atomic mass is 32.2. The highest BCUT2D eigenvalue weighted by Crippen LogP contribution is 2.20. The van der Waals surface area contributed by atoms with Crippen LogP contribution in [0.25, 0.3) is 0 Å². The number of para-hydroxylation sites is 1. The number of amidine groups is 1. The van der Waals surface area contributed by atoms with Crippen molar-refractivity contribution < 1.29 is 17.9 Å². The molecule has 0 aliphatic rings. The van der Waals surface area contributed by atoms with Crippen molar-refractivity contribution >= 4 is 27.6 Å².